The molecule has 2 aromatic carbocycles. The summed E-state index contributed by atoms with van der Waals surface area (Å²) in [4.78, 5) is 38.9. The Morgan fingerprint density at radius 1 is 1.09 bits per heavy atom. The maximum Gasteiger partial charge on any atom is 0.310 e. The van der Waals surface area contributed by atoms with Crippen LogP contribution in [-0.2, 0) is 25.5 Å². The van der Waals surface area contributed by atoms with Gasteiger partial charge >= 0.3 is 11.8 Å². The summed E-state index contributed by atoms with van der Waals surface area (Å²) in [5.41, 5.74) is 2.36. The van der Waals surface area contributed by atoms with Gasteiger partial charge in [0.15, 0.2) is 0 Å². The summed E-state index contributed by atoms with van der Waals surface area (Å²) in [5, 5.41) is 5.06. The molecule has 0 aromatic heterocycles. The number of likely N-dealkylation sites (N-methyl/N-ethyl adjacent to an activating group) is 1. The zero-order valence-corrected chi connectivity index (χ0v) is 18.3. The number of hydrogen-bond donors (Lipinski definition) is 2. The number of nitrogens with one attached hydrogen (secondary N) is 2. The van der Waals surface area contributed by atoms with E-state index in [0.717, 1.165) is 11.1 Å². The molecule has 1 atom stereocenters. The van der Waals surface area contributed by atoms with Gasteiger partial charge in [-0.15, -0.1) is 0 Å². The van der Waals surface area contributed by atoms with Gasteiger partial charge in [0.2, 0.25) is 0 Å². The van der Waals surface area contributed by atoms with Gasteiger partial charge in [-0.2, -0.15) is 0 Å². The Hall–Kier alpha value is -3.83. The van der Waals surface area contributed by atoms with E-state index in [2.05, 4.69) is 22.5 Å². The maximum absolute atomic E-state index is 12.9. The summed E-state index contributed by atoms with van der Waals surface area (Å²) in [6.45, 7) is 1.51. The number of amides is 3. The lowest BCUT2D eigenvalue weighted by Gasteiger charge is -2.21. The summed E-state index contributed by atoms with van der Waals surface area (Å²) in [6.07, 6.45) is 0.600. The lowest BCUT2D eigenvalue weighted by molar-refractivity contribution is -0.140. The van der Waals surface area contributed by atoms with Crippen molar-refractivity contribution in [2.24, 2.45) is 5.92 Å². The Labute approximate surface area is 192 Å². The molecule has 2 heterocycles. The number of nitrogens with zero attached hydrogens (tertiary/aromatic N) is 1. The zero-order chi connectivity index (χ0) is 23.2. The average molecular weight is 447 g/mol. The minimum absolute atomic E-state index is 0.0797. The number of rotatable bonds is 4. The molecule has 1 fully saturated rings. The standard InChI is InChI=1S/C25H25N3O5/c1-28-21-13-18(7-8-19-14-32-15-19)9-10-22(21)33-16-20(25(28)31)27-24(30)23(29)26-12-11-17-5-3-2-4-6-17/h2-6,9-10,13,19-20H,11-12,14-16H2,1H3,(H,26,29)(H,27,30)/t20-/m0/s1. The van der Waals surface area contributed by atoms with Gasteiger partial charge in [-0.1, -0.05) is 42.2 Å². The Kier molecular flexibility index (Phi) is 6.91. The number of carbonyl (C=O) groups is 3. The third kappa shape index (κ3) is 5.51. The molecule has 3 amide bonds. The number of benzene rings is 2. The second-order valence-corrected chi connectivity index (χ2v) is 7.91. The van der Waals surface area contributed by atoms with Crippen LogP contribution < -0.4 is 20.3 Å². The number of fused-ring (bicyclic) bond motifs is 1. The second kappa shape index (κ2) is 10.2. The van der Waals surface area contributed by atoms with Crippen molar-refractivity contribution in [2.45, 2.75) is 12.5 Å². The van der Waals surface area contributed by atoms with Crippen molar-refractivity contribution in [2.75, 3.05) is 38.3 Å². The van der Waals surface area contributed by atoms with E-state index in [-0.39, 0.29) is 18.4 Å². The molecule has 8 heteroatoms. The summed E-state index contributed by atoms with van der Waals surface area (Å²) in [5.74, 6) is 4.93. The molecule has 4 rings (SSSR count). The van der Waals surface area contributed by atoms with Crippen LogP contribution in [-0.4, -0.2) is 57.2 Å². The molecule has 0 bridgehead atoms. The van der Waals surface area contributed by atoms with Crippen molar-refractivity contribution in [1.29, 1.82) is 0 Å². The number of ether oxygens (including phenoxy) is 2. The number of hydrogen-bond acceptors (Lipinski definition) is 5. The highest BCUT2D eigenvalue weighted by atomic mass is 16.5. The Balaban J connectivity index is 1.35. The van der Waals surface area contributed by atoms with Crippen molar-refractivity contribution in [1.82, 2.24) is 10.6 Å². The van der Waals surface area contributed by atoms with Gasteiger partial charge in [-0.05, 0) is 30.2 Å². The van der Waals surface area contributed by atoms with Gasteiger partial charge in [0.05, 0.1) is 24.8 Å². The molecule has 0 saturated carbocycles. The fourth-order valence-corrected chi connectivity index (χ4v) is 3.45. The van der Waals surface area contributed by atoms with E-state index in [4.69, 9.17) is 9.47 Å². The first-order valence-electron chi connectivity index (χ1n) is 10.8. The highest BCUT2D eigenvalue weighted by Crippen LogP contribution is 2.31. The van der Waals surface area contributed by atoms with Crippen LogP contribution in [0.1, 0.15) is 11.1 Å². The largest absolute Gasteiger partial charge is 0.489 e. The van der Waals surface area contributed by atoms with E-state index in [1.54, 1.807) is 19.2 Å². The zero-order valence-electron chi connectivity index (χ0n) is 18.3. The van der Waals surface area contributed by atoms with Gasteiger partial charge in [0.1, 0.15) is 18.4 Å². The summed E-state index contributed by atoms with van der Waals surface area (Å²) in [6, 6.07) is 14.0. The maximum atomic E-state index is 12.9. The van der Waals surface area contributed by atoms with E-state index >= 15 is 0 Å². The van der Waals surface area contributed by atoms with Crippen molar-refractivity contribution < 1.29 is 23.9 Å². The van der Waals surface area contributed by atoms with Crippen molar-refractivity contribution in [3.05, 3.63) is 59.7 Å². The molecule has 0 radical (unpaired) electrons. The molecule has 0 spiro atoms. The van der Waals surface area contributed by atoms with Crippen LogP contribution in [0.25, 0.3) is 0 Å². The van der Waals surface area contributed by atoms with Crippen molar-refractivity contribution >= 4 is 23.4 Å². The Bertz CT molecular complexity index is 1100. The molecular weight excluding hydrogens is 422 g/mol. The van der Waals surface area contributed by atoms with Crippen molar-refractivity contribution in [3.8, 4) is 17.6 Å². The van der Waals surface area contributed by atoms with Crippen LogP contribution in [0.2, 0.25) is 0 Å². The predicted octanol–water partition coefficient (Wildman–Crippen LogP) is 0.883. The summed E-state index contributed by atoms with van der Waals surface area (Å²) < 4.78 is 10.9. The first kappa shape index (κ1) is 22.4. The lowest BCUT2D eigenvalue weighted by atomic mass is 10.1. The second-order valence-electron chi connectivity index (χ2n) is 7.91. The molecule has 2 aliphatic heterocycles. The lowest BCUT2D eigenvalue weighted by Crippen LogP contribution is -2.53. The van der Waals surface area contributed by atoms with E-state index in [9.17, 15) is 14.4 Å². The minimum atomic E-state index is -0.989. The van der Waals surface area contributed by atoms with Gasteiger partial charge < -0.3 is 25.0 Å². The minimum Gasteiger partial charge on any atom is -0.489 e. The molecule has 2 N–H and O–H groups in total. The molecule has 2 aromatic rings. The van der Waals surface area contributed by atoms with E-state index < -0.39 is 17.9 Å². The molecule has 8 nitrogen and oxygen atoms in total. The van der Waals surface area contributed by atoms with Gasteiger partial charge in [-0.25, -0.2) is 0 Å². The molecule has 0 unspecified atom stereocenters. The van der Waals surface area contributed by atoms with Crippen LogP contribution in [0, 0.1) is 17.8 Å². The highest BCUT2D eigenvalue weighted by Gasteiger charge is 2.32. The summed E-state index contributed by atoms with van der Waals surface area (Å²) >= 11 is 0. The number of anilines is 1. The number of carbonyl (C=O) groups excluding carboxylic acids is 3. The Morgan fingerprint density at radius 2 is 1.88 bits per heavy atom. The topological polar surface area (TPSA) is 97.0 Å². The smallest absolute Gasteiger partial charge is 0.310 e. The molecule has 33 heavy (non-hydrogen) atoms. The van der Waals surface area contributed by atoms with Gasteiger partial charge in [-0.3, -0.25) is 14.4 Å². The quantitative estimate of drug-likeness (QED) is 0.536. The first-order valence-corrected chi connectivity index (χ1v) is 10.8. The van der Waals surface area contributed by atoms with Crippen LogP contribution >= 0.6 is 0 Å². The highest BCUT2D eigenvalue weighted by molar-refractivity contribution is 6.35. The summed E-state index contributed by atoms with van der Waals surface area (Å²) in [7, 11) is 1.60. The van der Waals surface area contributed by atoms with E-state index in [0.29, 0.717) is 37.6 Å². The van der Waals surface area contributed by atoms with Gasteiger partial charge in [0.25, 0.3) is 5.91 Å². The normalized spacial score (nSPS) is 17.4. The molecule has 2 aliphatic rings. The van der Waals surface area contributed by atoms with E-state index in [1.165, 1.54) is 4.90 Å². The SMILES string of the molecule is CN1C(=O)[C@@H](NC(=O)C(=O)NCCc2ccccc2)COc2ccc(C#CC3COC3)cc21. The average Bonchev–Trinajstić information content (AvgIpc) is 2.91. The fourth-order valence-electron chi connectivity index (χ4n) is 3.45. The molecule has 1 saturated heterocycles. The molecule has 0 aliphatic carbocycles. The molecular formula is C25H25N3O5. The van der Waals surface area contributed by atoms with E-state index in [1.807, 2.05) is 36.4 Å². The van der Waals surface area contributed by atoms with Crippen LogP contribution in [0.3, 0.4) is 0 Å². The van der Waals surface area contributed by atoms with Crippen LogP contribution in [0.4, 0.5) is 5.69 Å². The monoisotopic (exact) mass is 447 g/mol. The van der Waals surface area contributed by atoms with Crippen molar-refractivity contribution in [3.63, 3.8) is 0 Å². The first-order chi connectivity index (χ1) is 16.0. The molecule has 170 valence electrons. The Morgan fingerprint density at radius 3 is 2.61 bits per heavy atom. The third-order valence-corrected chi connectivity index (χ3v) is 5.47. The van der Waals surface area contributed by atoms with Crippen LogP contribution in [0.5, 0.6) is 5.75 Å². The fraction of sp³-hybridized carbons (Fsp3) is 0.320. The van der Waals surface area contributed by atoms with Gasteiger partial charge in [0, 0.05) is 19.2 Å². The predicted molar refractivity (Wildman–Crippen MR) is 122 cm³/mol. The third-order valence-electron chi connectivity index (χ3n) is 5.47. The van der Waals surface area contributed by atoms with Crippen LogP contribution in [0.15, 0.2) is 48.5 Å².